The second-order valence-electron chi connectivity index (χ2n) is 6.66. The van der Waals surface area contributed by atoms with Crippen molar-refractivity contribution in [1.29, 1.82) is 0 Å². The molecule has 0 bridgehead atoms. The van der Waals surface area contributed by atoms with Gasteiger partial charge < -0.3 is 25.2 Å². The highest BCUT2D eigenvalue weighted by Gasteiger charge is 2.26. The summed E-state index contributed by atoms with van der Waals surface area (Å²) in [6.07, 6.45) is -0.247. The van der Waals surface area contributed by atoms with Crippen LogP contribution in [0, 0.1) is 17.3 Å². The second-order valence-corrected chi connectivity index (χ2v) is 7.00. The quantitative estimate of drug-likeness (QED) is 0.351. The van der Waals surface area contributed by atoms with Gasteiger partial charge in [-0.3, -0.25) is 0 Å². The zero-order valence-electron chi connectivity index (χ0n) is 16.3. The lowest BCUT2D eigenvalue weighted by atomic mass is 9.86. The maximum absolute atomic E-state index is 10.9. The van der Waals surface area contributed by atoms with E-state index in [4.69, 9.17) is 26.2 Å². The molecular formula is C18H27ClN4O4. The first-order chi connectivity index (χ1) is 12.7. The van der Waals surface area contributed by atoms with E-state index in [9.17, 15) is 4.79 Å². The maximum atomic E-state index is 10.9. The highest BCUT2D eigenvalue weighted by molar-refractivity contribution is 6.28. The zero-order chi connectivity index (χ0) is 20.4. The van der Waals surface area contributed by atoms with E-state index >= 15 is 0 Å². The van der Waals surface area contributed by atoms with Crippen molar-refractivity contribution < 1.29 is 19.4 Å². The van der Waals surface area contributed by atoms with Crippen LogP contribution in [0.4, 0.5) is 10.6 Å². The summed E-state index contributed by atoms with van der Waals surface area (Å²) in [7, 11) is 0. The van der Waals surface area contributed by atoms with Crippen molar-refractivity contribution in [2.45, 2.75) is 47.0 Å². The molecule has 1 rings (SSSR count). The smallest absolute Gasteiger partial charge is 0.404 e. The van der Waals surface area contributed by atoms with Gasteiger partial charge in [-0.15, -0.1) is 0 Å². The third kappa shape index (κ3) is 8.43. The summed E-state index contributed by atoms with van der Waals surface area (Å²) in [5.41, 5.74) is 0.248. The molecule has 0 unspecified atom stereocenters. The fourth-order valence-corrected chi connectivity index (χ4v) is 2.19. The summed E-state index contributed by atoms with van der Waals surface area (Å²) in [4.78, 5) is 19.1. The average molecular weight is 399 g/mol. The molecule has 3 N–H and O–H groups in total. The number of hydrogen-bond acceptors (Lipinski definition) is 6. The molecule has 0 saturated heterocycles. The lowest BCUT2D eigenvalue weighted by molar-refractivity contribution is -0.0969. The van der Waals surface area contributed by atoms with E-state index in [-0.39, 0.29) is 23.3 Å². The van der Waals surface area contributed by atoms with Crippen LogP contribution in [0.2, 0.25) is 5.28 Å². The van der Waals surface area contributed by atoms with Gasteiger partial charge in [0.2, 0.25) is 11.6 Å². The van der Waals surface area contributed by atoms with E-state index < -0.39 is 12.4 Å². The lowest BCUT2D eigenvalue weighted by Gasteiger charge is -2.32. The largest absolute Gasteiger partial charge is 0.465 e. The fraction of sp³-hybridized carbons (Fsp3) is 0.611. The molecule has 0 saturated carbocycles. The first kappa shape index (κ1) is 23.0. The first-order valence-electron chi connectivity index (χ1n) is 8.68. The molecule has 1 amide bonds. The van der Waals surface area contributed by atoms with Crippen LogP contribution in [0.3, 0.4) is 0 Å². The van der Waals surface area contributed by atoms with Crippen molar-refractivity contribution in [3.05, 3.63) is 17.0 Å². The molecule has 0 fully saturated rings. The minimum atomic E-state index is -1.09. The molecular weight excluding hydrogens is 372 g/mol. The van der Waals surface area contributed by atoms with Gasteiger partial charge in [0.1, 0.15) is 5.82 Å². The molecule has 0 spiro atoms. The number of ether oxygens (including phenoxy) is 2. The van der Waals surface area contributed by atoms with E-state index in [1.54, 1.807) is 0 Å². The molecule has 1 atom stereocenters. The zero-order valence-corrected chi connectivity index (χ0v) is 17.1. The molecule has 27 heavy (non-hydrogen) atoms. The number of carboxylic acid groups (broad SMARTS) is 1. The van der Waals surface area contributed by atoms with Crippen molar-refractivity contribution in [3.63, 3.8) is 0 Å². The Hall–Kier alpha value is -2.08. The highest BCUT2D eigenvalue weighted by Crippen LogP contribution is 2.24. The molecule has 1 aromatic rings. The van der Waals surface area contributed by atoms with Gasteiger partial charge in [0.15, 0.2) is 0 Å². The Balaban J connectivity index is 3.12. The molecule has 9 heteroatoms. The number of rotatable bonds is 8. The number of anilines is 1. The molecule has 0 radical (unpaired) electrons. The van der Waals surface area contributed by atoms with Crippen LogP contribution in [0.5, 0.6) is 0 Å². The Morgan fingerprint density at radius 3 is 2.48 bits per heavy atom. The molecule has 150 valence electrons. The average Bonchev–Trinajstić information content (AvgIpc) is 2.56. The monoisotopic (exact) mass is 398 g/mol. The summed E-state index contributed by atoms with van der Waals surface area (Å²) in [6.45, 7) is 10.8. The Bertz CT molecular complexity index is 676. The molecule has 0 aliphatic heterocycles. The minimum Gasteiger partial charge on any atom is -0.465 e. The standard InChI is InChI=1S/C18H27ClN4O4/c1-6-26-14(27-7-2)9-8-12-10-20-16(19)23-15(12)22-13(18(3,4)5)11-21-17(24)25/h10,13-14,21H,6-7,11H2,1-5H3,(H,24,25)(H,20,22,23)/t13-/m1/s1. The van der Waals surface area contributed by atoms with Crippen LogP contribution >= 0.6 is 11.6 Å². The van der Waals surface area contributed by atoms with Crippen LogP contribution in [0.1, 0.15) is 40.2 Å². The van der Waals surface area contributed by atoms with E-state index in [0.717, 1.165) is 0 Å². The van der Waals surface area contributed by atoms with Crippen molar-refractivity contribution in [2.75, 3.05) is 25.1 Å². The molecule has 0 aromatic carbocycles. The number of aromatic nitrogens is 2. The van der Waals surface area contributed by atoms with E-state index in [1.165, 1.54) is 6.20 Å². The van der Waals surface area contributed by atoms with Gasteiger partial charge in [-0.05, 0) is 36.8 Å². The van der Waals surface area contributed by atoms with Gasteiger partial charge in [-0.2, -0.15) is 4.98 Å². The van der Waals surface area contributed by atoms with Crippen LogP contribution < -0.4 is 10.6 Å². The highest BCUT2D eigenvalue weighted by atomic mass is 35.5. The number of hydrogen-bond donors (Lipinski definition) is 3. The Morgan fingerprint density at radius 1 is 1.33 bits per heavy atom. The molecule has 8 nitrogen and oxygen atoms in total. The molecule has 1 heterocycles. The summed E-state index contributed by atoms with van der Waals surface area (Å²) in [5.74, 6) is 6.26. The van der Waals surface area contributed by atoms with Gasteiger partial charge in [0.25, 0.3) is 0 Å². The van der Waals surface area contributed by atoms with Gasteiger partial charge in [-0.25, -0.2) is 9.78 Å². The van der Waals surface area contributed by atoms with Crippen LogP contribution in [-0.2, 0) is 9.47 Å². The number of amides is 1. The van der Waals surface area contributed by atoms with Crippen molar-refractivity contribution in [3.8, 4) is 11.8 Å². The SMILES string of the molecule is CCOC(C#Cc1cnc(Cl)nc1N[C@H](CNC(=O)O)C(C)(C)C)OCC. The lowest BCUT2D eigenvalue weighted by Crippen LogP contribution is -2.44. The van der Waals surface area contributed by atoms with Crippen LogP contribution in [-0.4, -0.2) is 53.3 Å². The van der Waals surface area contributed by atoms with E-state index in [2.05, 4.69) is 32.4 Å². The van der Waals surface area contributed by atoms with Crippen molar-refractivity contribution >= 4 is 23.5 Å². The molecule has 0 aliphatic carbocycles. The number of carbonyl (C=O) groups is 1. The van der Waals surface area contributed by atoms with Crippen LogP contribution in [0.25, 0.3) is 0 Å². The van der Waals surface area contributed by atoms with Gasteiger partial charge in [-0.1, -0.05) is 26.7 Å². The number of nitrogens with zero attached hydrogens (tertiary/aromatic N) is 2. The summed E-state index contributed by atoms with van der Waals surface area (Å²) in [6, 6.07) is -0.255. The Labute approximate surface area is 165 Å². The predicted octanol–water partition coefficient (Wildman–Crippen LogP) is 2.97. The maximum Gasteiger partial charge on any atom is 0.404 e. The van der Waals surface area contributed by atoms with Crippen molar-refractivity contribution in [2.24, 2.45) is 5.41 Å². The normalized spacial score (nSPS) is 12.3. The second kappa shape index (κ2) is 10.9. The minimum absolute atomic E-state index is 0.0630. The van der Waals surface area contributed by atoms with E-state index in [1.807, 2.05) is 34.6 Å². The third-order valence-electron chi connectivity index (χ3n) is 3.53. The van der Waals surface area contributed by atoms with Gasteiger partial charge in [0, 0.05) is 32.0 Å². The summed E-state index contributed by atoms with van der Waals surface area (Å²) >= 11 is 5.93. The summed E-state index contributed by atoms with van der Waals surface area (Å²) in [5, 5.41) is 14.6. The molecule has 1 aromatic heterocycles. The summed E-state index contributed by atoms with van der Waals surface area (Å²) < 4.78 is 10.8. The Morgan fingerprint density at radius 2 is 1.96 bits per heavy atom. The third-order valence-corrected chi connectivity index (χ3v) is 3.72. The van der Waals surface area contributed by atoms with Gasteiger partial charge >= 0.3 is 6.09 Å². The Kier molecular flexibility index (Phi) is 9.29. The van der Waals surface area contributed by atoms with E-state index in [0.29, 0.717) is 24.6 Å². The predicted molar refractivity (Wildman–Crippen MR) is 104 cm³/mol. The molecule has 0 aliphatic rings. The van der Waals surface area contributed by atoms with Gasteiger partial charge in [0.05, 0.1) is 5.56 Å². The van der Waals surface area contributed by atoms with Crippen LogP contribution in [0.15, 0.2) is 6.20 Å². The first-order valence-corrected chi connectivity index (χ1v) is 9.05. The number of nitrogens with one attached hydrogen (secondary N) is 2. The topological polar surface area (TPSA) is 106 Å². The number of halogens is 1. The van der Waals surface area contributed by atoms with Crippen molar-refractivity contribution in [1.82, 2.24) is 15.3 Å². The fourth-order valence-electron chi connectivity index (χ4n) is 2.06.